The van der Waals surface area contributed by atoms with Crippen LogP contribution in [0.2, 0.25) is 0 Å². The second kappa shape index (κ2) is 6.17. The minimum atomic E-state index is -0.645. The van der Waals surface area contributed by atoms with E-state index in [-0.39, 0.29) is 12.4 Å². The second-order valence-electron chi connectivity index (χ2n) is 4.24. The van der Waals surface area contributed by atoms with Gasteiger partial charge in [0.25, 0.3) is 0 Å². The quantitative estimate of drug-likeness (QED) is 0.912. The van der Waals surface area contributed by atoms with Gasteiger partial charge < -0.3 is 9.84 Å². The van der Waals surface area contributed by atoms with Crippen LogP contribution in [0.3, 0.4) is 0 Å². The number of hydrogen-bond acceptors (Lipinski definition) is 2. The van der Waals surface area contributed by atoms with Crippen molar-refractivity contribution >= 4 is 15.9 Å². The van der Waals surface area contributed by atoms with Crippen molar-refractivity contribution in [3.63, 3.8) is 0 Å². The average molecular weight is 325 g/mol. The molecule has 4 heteroatoms. The summed E-state index contributed by atoms with van der Waals surface area (Å²) < 4.78 is 19.9. The molecule has 0 aliphatic carbocycles. The Bertz CT molecular complexity index is 570. The smallest absolute Gasteiger partial charge is 0.129 e. The molecule has 0 aromatic heterocycles. The first-order chi connectivity index (χ1) is 9.08. The van der Waals surface area contributed by atoms with E-state index in [9.17, 15) is 9.50 Å². The molecular weight excluding hydrogens is 311 g/mol. The zero-order valence-corrected chi connectivity index (χ0v) is 12.0. The Labute approximate surface area is 120 Å². The zero-order valence-electron chi connectivity index (χ0n) is 10.4. The number of hydrogen-bond donors (Lipinski definition) is 1. The fourth-order valence-corrected chi connectivity index (χ4v) is 2.13. The first-order valence-corrected chi connectivity index (χ1v) is 6.71. The van der Waals surface area contributed by atoms with Crippen LogP contribution >= 0.6 is 15.9 Å². The molecular formula is C15H14BrFO2. The van der Waals surface area contributed by atoms with Crippen LogP contribution in [0.1, 0.15) is 24.2 Å². The lowest BCUT2D eigenvalue weighted by molar-refractivity contribution is 0.189. The van der Waals surface area contributed by atoms with Gasteiger partial charge in [-0.25, -0.2) is 4.39 Å². The Morgan fingerprint density at radius 2 is 2.00 bits per heavy atom. The van der Waals surface area contributed by atoms with Crippen LogP contribution in [0, 0.1) is 5.82 Å². The van der Waals surface area contributed by atoms with Gasteiger partial charge in [0.2, 0.25) is 0 Å². The highest BCUT2D eigenvalue weighted by Crippen LogP contribution is 2.29. The van der Waals surface area contributed by atoms with E-state index in [1.54, 1.807) is 37.3 Å². The van der Waals surface area contributed by atoms with Gasteiger partial charge in [-0.3, -0.25) is 0 Å². The molecule has 1 atom stereocenters. The molecule has 0 radical (unpaired) electrons. The molecule has 0 aliphatic rings. The van der Waals surface area contributed by atoms with Crippen LogP contribution in [-0.4, -0.2) is 5.11 Å². The average Bonchev–Trinajstić information content (AvgIpc) is 2.38. The number of rotatable bonds is 4. The van der Waals surface area contributed by atoms with Crippen molar-refractivity contribution in [3.05, 3.63) is 63.9 Å². The SMILES string of the molecule is CC(O)c1cc(Br)ccc1OCc1ccccc1F. The third-order valence-electron chi connectivity index (χ3n) is 2.76. The normalized spacial score (nSPS) is 12.2. The minimum Gasteiger partial charge on any atom is -0.488 e. The van der Waals surface area contributed by atoms with Crippen molar-refractivity contribution in [2.45, 2.75) is 19.6 Å². The van der Waals surface area contributed by atoms with Crippen LogP contribution in [-0.2, 0) is 6.61 Å². The molecule has 0 aliphatic heterocycles. The molecule has 2 aromatic rings. The van der Waals surface area contributed by atoms with Crippen LogP contribution < -0.4 is 4.74 Å². The summed E-state index contributed by atoms with van der Waals surface area (Å²) in [6.45, 7) is 1.80. The van der Waals surface area contributed by atoms with Gasteiger partial charge in [0.05, 0.1) is 6.10 Å². The van der Waals surface area contributed by atoms with Gasteiger partial charge in [-0.15, -0.1) is 0 Å². The largest absolute Gasteiger partial charge is 0.488 e. The highest BCUT2D eigenvalue weighted by Gasteiger charge is 2.11. The first-order valence-electron chi connectivity index (χ1n) is 5.91. The summed E-state index contributed by atoms with van der Waals surface area (Å²) in [6.07, 6.45) is -0.645. The van der Waals surface area contributed by atoms with Crippen molar-refractivity contribution in [3.8, 4) is 5.75 Å². The van der Waals surface area contributed by atoms with Gasteiger partial charge in [-0.2, -0.15) is 0 Å². The maximum Gasteiger partial charge on any atom is 0.129 e. The van der Waals surface area contributed by atoms with Crippen molar-refractivity contribution in [2.75, 3.05) is 0 Å². The van der Waals surface area contributed by atoms with Gasteiger partial charge in [-0.1, -0.05) is 34.1 Å². The summed E-state index contributed by atoms with van der Waals surface area (Å²) in [4.78, 5) is 0. The maximum absolute atomic E-state index is 13.5. The Morgan fingerprint density at radius 3 is 2.68 bits per heavy atom. The number of ether oxygens (including phenoxy) is 1. The molecule has 2 aromatic carbocycles. The summed E-state index contributed by atoms with van der Waals surface area (Å²) in [5.74, 6) is 0.264. The van der Waals surface area contributed by atoms with Crippen molar-refractivity contribution in [2.24, 2.45) is 0 Å². The standard InChI is InChI=1S/C15H14BrFO2/c1-10(18)13-8-12(16)6-7-15(13)19-9-11-4-2-3-5-14(11)17/h2-8,10,18H,9H2,1H3. The van der Waals surface area contributed by atoms with Crippen LogP contribution in [0.5, 0.6) is 5.75 Å². The molecule has 1 unspecified atom stereocenters. The molecule has 0 spiro atoms. The summed E-state index contributed by atoms with van der Waals surface area (Å²) in [5.41, 5.74) is 1.16. The Kier molecular flexibility index (Phi) is 4.56. The predicted octanol–water partition coefficient (Wildman–Crippen LogP) is 4.22. The number of benzene rings is 2. The van der Waals surface area contributed by atoms with E-state index < -0.39 is 6.10 Å². The van der Waals surface area contributed by atoms with Gasteiger partial charge in [0.1, 0.15) is 18.2 Å². The molecule has 100 valence electrons. The van der Waals surface area contributed by atoms with E-state index in [1.807, 2.05) is 6.07 Å². The van der Waals surface area contributed by atoms with E-state index in [4.69, 9.17) is 4.74 Å². The summed E-state index contributed by atoms with van der Waals surface area (Å²) in [6, 6.07) is 11.8. The number of aliphatic hydroxyl groups excluding tert-OH is 1. The van der Waals surface area contributed by atoms with E-state index in [0.717, 1.165) is 4.47 Å². The maximum atomic E-state index is 13.5. The topological polar surface area (TPSA) is 29.5 Å². The van der Waals surface area contributed by atoms with Crippen molar-refractivity contribution < 1.29 is 14.2 Å². The zero-order chi connectivity index (χ0) is 13.8. The molecule has 2 nitrogen and oxygen atoms in total. The highest BCUT2D eigenvalue weighted by atomic mass is 79.9. The van der Waals surface area contributed by atoms with Crippen LogP contribution in [0.4, 0.5) is 4.39 Å². The lowest BCUT2D eigenvalue weighted by atomic mass is 10.1. The van der Waals surface area contributed by atoms with Crippen LogP contribution in [0.25, 0.3) is 0 Å². The van der Waals surface area contributed by atoms with Crippen molar-refractivity contribution in [1.29, 1.82) is 0 Å². The van der Waals surface area contributed by atoms with Gasteiger partial charge in [-0.05, 0) is 31.2 Å². The third kappa shape index (κ3) is 3.55. The monoisotopic (exact) mass is 324 g/mol. The lowest BCUT2D eigenvalue weighted by Crippen LogP contribution is -2.02. The molecule has 0 amide bonds. The fraction of sp³-hybridized carbons (Fsp3) is 0.200. The highest BCUT2D eigenvalue weighted by molar-refractivity contribution is 9.10. The van der Waals surface area contributed by atoms with E-state index >= 15 is 0 Å². The summed E-state index contributed by atoms with van der Waals surface area (Å²) in [5, 5.41) is 9.71. The number of halogens is 2. The van der Waals surface area contributed by atoms with Gasteiger partial charge >= 0.3 is 0 Å². The third-order valence-corrected chi connectivity index (χ3v) is 3.26. The second-order valence-corrected chi connectivity index (χ2v) is 5.15. The molecule has 19 heavy (non-hydrogen) atoms. The van der Waals surface area contributed by atoms with Crippen LogP contribution in [0.15, 0.2) is 46.9 Å². The Balaban J connectivity index is 2.18. The van der Waals surface area contributed by atoms with Crippen molar-refractivity contribution in [1.82, 2.24) is 0 Å². The van der Waals surface area contributed by atoms with E-state index in [2.05, 4.69) is 15.9 Å². The van der Waals surface area contributed by atoms with Gasteiger partial charge in [0, 0.05) is 15.6 Å². The fourth-order valence-electron chi connectivity index (χ4n) is 1.75. The van der Waals surface area contributed by atoms with E-state index in [1.165, 1.54) is 6.07 Å². The summed E-state index contributed by atoms with van der Waals surface area (Å²) in [7, 11) is 0. The van der Waals surface area contributed by atoms with E-state index in [0.29, 0.717) is 16.9 Å². The molecule has 0 bridgehead atoms. The predicted molar refractivity (Wildman–Crippen MR) is 75.5 cm³/mol. The van der Waals surface area contributed by atoms with Gasteiger partial charge in [0.15, 0.2) is 0 Å². The summed E-state index contributed by atoms with van der Waals surface area (Å²) >= 11 is 3.35. The molecule has 0 saturated heterocycles. The lowest BCUT2D eigenvalue weighted by Gasteiger charge is -2.14. The Hall–Kier alpha value is -1.39. The Morgan fingerprint density at radius 1 is 1.26 bits per heavy atom. The molecule has 0 heterocycles. The molecule has 0 saturated carbocycles. The number of aliphatic hydroxyl groups is 1. The molecule has 0 fully saturated rings. The first kappa shape index (κ1) is 14.0. The molecule has 1 N–H and O–H groups in total. The minimum absolute atomic E-state index is 0.133. The molecule has 2 rings (SSSR count).